The molecule has 0 radical (unpaired) electrons. The lowest BCUT2D eigenvalue weighted by Crippen LogP contribution is -2.36. The number of ether oxygens (including phenoxy) is 1. The SMILES string of the molecule is O=C(NC1(c2ccc3c(n2)CCC[C@@H]3Oc2cccc(Cl)c2)CC1)c1ccc(F)cc1. The number of amides is 1. The number of carbonyl (C=O) groups excluding carboxylic acids is 1. The first kappa shape index (κ1) is 20.0. The number of benzene rings is 2. The van der Waals surface area contributed by atoms with Crippen LogP contribution in [0.25, 0.3) is 0 Å². The molecule has 1 fully saturated rings. The summed E-state index contributed by atoms with van der Waals surface area (Å²) in [6.07, 6.45) is 4.42. The number of nitrogens with zero attached hydrogens (tertiary/aromatic N) is 1. The van der Waals surface area contributed by atoms with Crippen LogP contribution < -0.4 is 10.1 Å². The van der Waals surface area contributed by atoms with E-state index < -0.39 is 5.54 Å². The number of fused-ring (bicyclic) bond motifs is 1. The van der Waals surface area contributed by atoms with E-state index in [1.165, 1.54) is 24.3 Å². The van der Waals surface area contributed by atoms with Gasteiger partial charge in [-0.05, 0) is 80.6 Å². The third-order valence-electron chi connectivity index (χ3n) is 6.01. The van der Waals surface area contributed by atoms with E-state index in [0.717, 1.165) is 54.8 Å². The molecule has 158 valence electrons. The van der Waals surface area contributed by atoms with Gasteiger partial charge in [-0.25, -0.2) is 4.39 Å². The molecule has 0 bridgehead atoms. The second kappa shape index (κ2) is 7.97. The van der Waals surface area contributed by atoms with E-state index in [1.54, 1.807) is 0 Å². The van der Waals surface area contributed by atoms with Gasteiger partial charge in [0.1, 0.15) is 17.7 Å². The van der Waals surface area contributed by atoms with Crippen LogP contribution in [0.2, 0.25) is 5.02 Å². The van der Waals surface area contributed by atoms with E-state index in [2.05, 4.69) is 11.4 Å². The number of hydrogen-bond acceptors (Lipinski definition) is 3. The fourth-order valence-electron chi connectivity index (χ4n) is 4.17. The van der Waals surface area contributed by atoms with Gasteiger partial charge in [-0.3, -0.25) is 9.78 Å². The van der Waals surface area contributed by atoms with Crippen LogP contribution in [0.4, 0.5) is 4.39 Å². The minimum absolute atomic E-state index is 0.0623. The van der Waals surface area contributed by atoms with Crippen LogP contribution in [-0.2, 0) is 12.0 Å². The maximum absolute atomic E-state index is 13.2. The van der Waals surface area contributed by atoms with Crippen LogP contribution in [0.1, 0.15) is 59.1 Å². The van der Waals surface area contributed by atoms with Crippen LogP contribution in [0.15, 0.2) is 60.7 Å². The molecule has 0 saturated heterocycles. The molecule has 2 aliphatic carbocycles. The largest absolute Gasteiger partial charge is 0.486 e. The predicted molar refractivity (Wildman–Crippen MR) is 117 cm³/mol. The van der Waals surface area contributed by atoms with Crippen molar-refractivity contribution in [3.05, 3.63) is 94.0 Å². The second-order valence-corrected chi connectivity index (χ2v) is 8.67. The van der Waals surface area contributed by atoms with Crippen LogP contribution in [0.3, 0.4) is 0 Å². The average molecular weight is 437 g/mol. The van der Waals surface area contributed by atoms with E-state index in [1.807, 2.05) is 30.3 Å². The minimum Gasteiger partial charge on any atom is -0.486 e. The predicted octanol–water partition coefficient (Wildman–Crippen LogP) is 5.75. The Morgan fingerprint density at radius 1 is 1.13 bits per heavy atom. The van der Waals surface area contributed by atoms with Crippen LogP contribution in [-0.4, -0.2) is 10.9 Å². The Hall–Kier alpha value is -2.92. The van der Waals surface area contributed by atoms with Crippen LogP contribution >= 0.6 is 11.6 Å². The maximum atomic E-state index is 13.2. The number of nitrogens with one attached hydrogen (secondary N) is 1. The monoisotopic (exact) mass is 436 g/mol. The average Bonchev–Trinajstić information content (AvgIpc) is 3.55. The Labute approximate surface area is 185 Å². The molecule has 3 aromatic rings. The zero-order valence-corrected chi connectivity index (χ0v) is 17.7. The van der Waals surface area contributed by atoms with Gasteiger partial charge in [-0.2, -0.15) is 0 Å². The Morgan fingerprint density at radius 2 is 1.94 bits per heavy atom. The summed E-state index contributed by atoms with van der Waals surface area (Å²) in [4.78, 5) is 17.6. The molecule has 6 heteroatoms. The van der Waals surface area contributed by atoms with Gasteiger partial charge in [-0.1, -0.05) is 23.7 Å². The fraction of sp³-hybridized carbons (Fsp3) is 0.280. The smallest absolute Gasteiger partial charge is 0.252 e. The van der Waals surface area contributed by atoms with Crippen molar-refractivity contribution in [3.8, 4) is 5.75 Å². The van der Waals surface area contributed by atoms with Gasteiger partial charge in [0.15, 0.2) is 0 Å². The zero-order valence-electron chi connectivity index (χ0n) is 16.9. The number of pyridine rings is 1. The van der Waals surface area contributed by atoms with Crippen molar-refractivity contribution in [1.29, 1.82) is 0 Å². The van der Waals surface area contributed by atoms with Gasteiger partial charge in [0, 0.05) is 21.8 Å². The van der Waals surface area contributed by atoms with Gasteiger partial charge >= 0.3 is 0 Å². The standard InChI is InChI=1S/C25H22ClFN2O2/c26-17-3-1-4-19(15-17)31-22-6-2-5-21-20(22)11-12-23(28-21)25(13-14-25)29-24(30)16-7-9-18(27)10-8-16/h1,3-4,7-12,15,22H,2,5-6,13-14H2,(H,29,30)/t22-/m0/s1. The number of carbonyl (C=O) groups is 1. The first-order chi connectivity index (χ1) is 15.0. The van der Waals surface area contributed by atoms with Gasteiger partial charge in [0.25, 0.3) is 5.91 Å². The molecule has 1 N–H and O–H groups in total. The fourth-order valence-corrected chi connectivity index (χ4v) is 4.35. The molecule has 0 spiro atoms. The lowest BCUT2D eigenvalue weighted by Gasteiger charge is -2.27. The Balaban J connectivity index is 1.36. The number of hydrogen-bond donors (Lipinski definition) is 1. The Morgan fingerprint density at radius 3 is 2.68 bits per heavy atom. The van der Waals surface area contributed by atoms with E-state index in [0.29, 0.717) is 10.6 Å². The lowest BCUT2D eigenvalue weighted by molar-refractivity contribution is 0.0929. The molecule has 1 heterocycles. The zero-order chi connectivity index (χ0) is 21.4. The van der Waals surface area contributed by atoms with Gasteiger partial charge < -0.3 is 10.1 Å². The van der Waals surface area contributed by atoms with Crippen molar-refractivity contribution in [2.45, 2.75) is 43.7 Å². The van der Waals surface area contributed by atoms with Crippen molar-refractivity contribution in [3.63, 3.8) is 0 Å². The van der Waals surface area contributed by atoms with Crippen molar-refractivity contribution < 1.29 is 13.9 Å². The van der Waals surface area contributed by atoms with E-state index >= 15 is 0 Å². The van der Waals surface area contributed by atoms with Gasteiger partial charge in [0.2, 0.25) is 0 Å². The molecule has 0 unspecified atom stereocenters. The highest BCUT2D eigenvalue weighted by atomic mass is 35.5. The summed E-state index contributed by atoms with van der Waals surface area (Å²) in [6, 6.07) is 17.1. The molecule has 2 aliphatic rings. The van der Waals surface area contributed by atoms with Crippen molar-refractivity contribution in [1.82, 2.24) is 10.3 Å². The highest BCUT2D eigenvalue weighted by Crippen LogP contribution is 2.46. The molecular weight excluding hydrogens is 415 g/mol. The van der Waals surface area contributed by atoms with Crippen molar-refractivity contribution >= 4 is 17.5 Å². The summed E-state index contributed by atoms with van der Waals surface area (Å²) in [5.74, 6) is 0.183. The molecular formula is C25H22ClFN2O2. The molecule has 4 nitrogen and oxygen atoms in total. The first-order valence-electron chi connectivity index (χ1n) is 10.5. The van der Waals surface area contributed by atoms with Gasteiger partial charge in [-0.15, -0.1) is 0 Å². The summed E-state index contributed by atoms with van der Waals surface area (Å²) in [7, 11) is 0. The summed E-state index contributed by atoms with van der Waals surface area (Å²) in [6.45, 7) is 0. The van der Waals surface area contributed by atoms with Crippen LogP contribution in [0, 0.1) is 5.82 Å². The molecule has 5 rings (SSSR count). The molecule has 0 aliphatic heterocycles. The highest BCUT2D eigenvalue weighted by Gasteiger charge is 2.47. The Bertz CT molecular complexity index is 1130. The first-order valence-corrected chi connectivity index (χ1v) is 10.9. The molecule has 1 aromatic heterocycles. The van der Waals surface area contributed by atoms with Crippen molar-refractivity contribution in [2.75, 3.05) is 0 Å². The summed E-state index contributed by atoms with van der Waals surface area (Å²) in [5, 5.41) is 3.76. The summed E-state index contributed by atoms with van der Waals surface area (Å²) < 4.78 is 19.4. The quantitative estimate of drug-likeness (QED) is 0.554. The van der Waals surface area contributed by atoms with Crippen LogP contribution in [0.5, 0.6) is 5.75 Å². The van der Waals surface area contributed by atoms with E-state index in [-0.39, 0.29) is 17.8 Å². The van der Waals surface area contributed by atoms with E-state index in [4.69, 9.17) is 21.3 Å². The topological polar surface area (TPSA) is 51.2 Å². The van der Waals surface area contributed by atoms with Gasteiger partial charge in [0.05, 0.1) is 11.2 Å². The number of halogens is 2. The number of aromatic nitrogens is 1. The maximum Gasteiger partial charge on any atom is 0.252 e. The Kier molecular flexibility index (Phi) is 5.14. The van der Waals surface area contributed by atoms with Crippen molar-refractivity contribution in [2.24, 2.45) is 0 Å². The summed E-state index contributed by atoms with van der Waals surface area (Å²) in [5.41, 5.74) is 3.00. The molecule has 31 heavy (non-hydrogen) atoms. The molecule has 2 aromatic carbocycles. The normalized spacial score (nSPS) is 18.7. The molecule has 1 amide bonds. The number of aryl methyl sites for hydroxylation is 1. The third kappa shape index (κ3) is 4.15. The third-order valence-corrected chi connectivity index (χ3v) is 6.25. The molecule has 1 saturated carbocycles. The van der Waals surface area contributed by atoms with E-state index in [9.17, 15) is 9.18 Å². The summed E-state index contributed by atoms with van der Waals surface area (Å²) >= 11 is 6.09. The molecule has 1 atom stereocenters. The number of rotatable bonds is 5. The highest BCUT2D eigenvalue weighted by molar-refractivity contribution is 6.30. The second-order valence-electron chi connectivity index (χ2n) is 8.23. The lowest BCUT2D eigenvalue weighted by atomic mass is 9.92. The minimum atomic E-state index is -0.443.